The van der Waals surface area contributed by atoms with Gasteiger partial charge in [0.05, 0.1) is 21.8 Å². The van der Waals surface area contributed by atoms with E-state index >= 15 is 4.39 Å². The fourth-order valence-electron chi connectivity index (χ4n) is 2.76. The van der Waals surface area contributed by atoms with Crippen molar-refractivity contribution in [3.05, 3.63) is 76.4 Å². The minimum Gasteiger partial charge on any atom is -0.368 e. The standard InChI is InChI=1S/C20H12Cl2F2N4S/c21-12-2-3-13(22)17(8-12)29-28-16-6-4-14(23)18(19(16)24)10-1-5-15-11(7-10)9-26-20(25)27-15/h1-9,28H,(H2,25,26,27). The Kier molecular flexibility index (Phi) is 5.45. The van der Waals surface area contributed by atoms with E-state index in [0.717, 1.165) is 11.9 Å². The Balaban J connectivity index is 1.70. The Morgan fingerprint density at radius 2 is 1.83 bits per heavy atom. The third kappa shape index (κ3) is 4.07. The summed E-state index contributed by atoms with van der Waals surface area (Å²) in [5.74, 6) is -1.29. The smallest absolute Gasteiger partial charge is 0.220 e. The van der Waals surface area contributed by atoms with Crippen LogP contribution in [0.1, 0.15) is 0 Å². The zero-order valence-corrected chi connectivity index (χ0v) is 16.9. The van der Waals surface area contributed by atoms with Crippen LogP contribution in [-0.2, 0) is 0 Å². The molecule has 146 valence electrons. The van der Waals surface area contributed by atoms with Crippen LogP contribution < -0.4 is 10.5 Å². The van der Waals surface area contributed by atoms with Crippen molar-refractivity contribution in [3.63, 3.8) is 0 Å². The van der Waals surface area contributed by atoms with E-state index in [1.165, 1.54) is 18.3 Å². The lowest BCUT2D eigenvalue weighted by atomic mass is 10.0. The second kappa shape index (κ2) is 8.02. The number of anilines is 2. The molecule has 4 aromatic rings. The van der Waals surface area contributed by atoms with Crippen molar-refractivity contribution in [1.29, 1.82) is 0 Å². The molecule has 3 N–H and O–H groups in total. The van der Waals surface area contributed by atoms with E-state index in [9.17, 15) is 4.39 Å². The first-order valence-electron chi connectivity index (χ1n) is 8.31. The Morgan fingerprint density at radius 1 is 1.00 bits per heavy atom. The molecule has 4 nitrogen and oxygen atoms in total. The second-order valence-corrected chi connectivity index (χ2v) is 7.76. The summed E-state index contributed by atoms with van der Waals surface area (Å²) < 4.78 is 32.5. The lowest BCUT2D eigenvalue weighted by Crippen LogP contribution is -1.98. The molecule has 0 aliphatic heterocycles. The van der Waals surface area contributed by atoms with Crippen molar-refractivity contribution in [2.45, 2.75) is 4.90 Å². The number of aromatic nitrogens is 2. The molecule has 9 heteroatoms. The Labute approximate surface area is 179 Å². The minimum absolute atomic E-state index is 0.107. The van der Waals surface area contributed by atoms with Gasteiger partial charge in [-0.25, -0.2) is 18.7 Å². The fourth-order valence-corrected chi connectivity index (χ4v) is 3.96. The maximum atomic E-state index is 15.1. The van der Waals surface area contributed by atoms with Crippen LogP contribution in [-0.4, -0.2) is 9.97 Å². The number of hydrogen-bond acceptors (Lipinski definition) is 5. The van der Waals surface area contributed by atoms with Gasteiger partial charge in [-0.2, -0.15) is 0 Å². The van der Waals surface area contributed by atoms with Crippen molar-refractivity contribution < 1.29 is 8.78 Å². The highest BCUT2D eigenvalue weighted by Crippen LogP contribution is 2.36. The number of hydrogen-bond donors (Lipinski definition) is 2. The van der Waals surface area contributed by atoms with Crippen LogP contribution in [0.3, 0.4) is 0 Å². The van der Waals surface area contributed by atoms with Gasteiger partial charge in [-0.15, -0.1) is 0 Å². The van der Waals surface area contributed by atoms with Gasteiger partial charge in [0.1, 0.15) is 5.82 Å². The summed E-state index contributed by atoms with van der Waals surface area (Å²) in [6.45, 7) is 0. The van der Waals surface area contributed by atoms with Gasteiger partial charge < -0.3 is 10.5 Å². The molecule has 0 unspecified atom stereocenters. The largest absolute Gasteiger partial charge is 0.368 e. The topological polar surface area (TPSA) is 63.8 Å². The first-order chi connectivity index (χ1) is 13.9. The van der Waals surface area contributed by atoms with Gasteiger partial charge in [-0.05, 0) is 60.0 Å². The number of benzene rings is 3. The number of nitrogens with two attached hydrogens (primary N) is 1. The minimum atomic E-state index is -0.730. The highest BCUT2D eigenvalue weighted by Gasteiger charge is 2.17. The Hall–Kier alpha value is -2.61. The molecule has 3 aromatic carbocycles. The molecule has 0 saturated heterocycles. The van der Waals surface area contributed by atoms with Crippen LogP contribution >= 0.6 is 35.1 Å². The molecule has 0 bridgehead atoms. The molecule has 29 heavy (non-hydrogen) atoms. The van der Waals surface area contributed by atoms with Crippen molar-refractivity contribution in [2.75, 3.05) is 10.5 Å². The van der Waals surface area contributed by atoms with E-state index in [2.05, 4.69) is 14.7 Å². The summed E-state index contributed by atoms with van der Waals surface area (Å²) in [7, 11) is 0. The first-order valence-corrected chi connectivity index (χ1v) is 9.88. The summed E-state index contributed by atoms with van der Waals surface area (Å²) in [5.41, 5.74) is 6.46. The predicted octanol–water partition coefficient (Wildman–Crippen LogP) is 6.58. The third-order valence-corrected chi connectivity index (χ3v) is 5.70. The zero-order valence-electron chi connectivity index (χ0n) is 14.6. The average molecular weight is 449 g/mol. The zero-order chi connectivity index (χ0) is 20.5. The quantitative estimate of drug-likeness (QED) is 0.345. The number of nitrogens with one attached hydrogen (secondary N) is 1. The molecule has 4 rings (SSSR count). The lowest BCUT2D eigenvalue weighted by Gasteiger charge is -2.12. The van der Waals surface area contributed by atoms with Crippen LogP contribution in [0.2, 0.25) is 10.0 Å². The first kappa shape index (κ1) is 19.7. The SMILES string of the molecule is Nc1ncc2cc(-c3c(F)ccc(NSc4cc(Cl)ccc4Cl)c3F)ccc2n1. The summed E-state index contributed by atoms with van der Waals surface area (Å²) in [6, 6.07) is 12.3. The molecule has 0 saturated carbocycles. The molecular weight excluding hydrogens is 437 g/mol. The molecular formula is C20H12Cl2F2N4S. The Morgan fingerprint density at radius 3 is 2.66 bits per heavy atom. The van der Waals surface area contributed by atoms with E-state index in [1.54, 1.807) is 36.4 Å². The molecule has 0 spiro atoms. The van der Waals surface area contributed by atoms with Gasteiger partial charge in [0.25, 0.3) is 0 Å². The van der Waals surface area contributed by atoms with Crippen LogP contribution in [0.25, 0.3) is 22.0 Å². The predicted molar refractivity (Wildman–Crippen MR) is 115 cm³/mol. The molecule has 0 amide bonds. The molecule has 0 atom stereocenters. The summed E-state index contributed by atoms with van der Waals surface area (Å²) in [6.07, 6.45) is 1.51. The van der Waals surface area contributed by atoms with Gasteiger partial charge in [-0.3, -0.25) is 0 Å². The highest BCUT2D eigenvalue weighted by atomic mass is 35.5. The highest BCUT2D eigenvalue weighted by molar-refractivity contribution is 8.00. The van der Waals surface area contributed by atoms with Gasteiger partial charge in [0.2, 0.25) is 5.95 Å². The van der Waals surface area contributed by atoms with Crippen LogP contribution in [0, 0.1) is 11.6 Å². The van der Waals surface area contributed by atoms with Crippen LogP contribution in [0.5, 0.6) is 0 Å². The van der Waals surface area contributed by atoms with E-state index in [1.807, 2.05) is 0 Å². The second-order valence-electron chi connectivity index (χ2n) is 6.06. The molecule has 0 radical (unpaired) electrons. The fraction of sp³-hybridized carbons (Fsp3) is 0. The number of halogens is 4. The van der Waals surface area contributed by atoms with Crippen molar-refractivity contribution in [2.24, 2.45) is 0 Å². The van der Waals surface area contributed by atoms with Crippen molar-refractivity contribution in [3.8, 4) is 11.1 Å². The molecule has 0 aliphatic rings. The molecule has 1 aromatic heterocycles. The molecule has 0 aliphatic carbocycles. The number of rotatable bonds is 4. The summed E-state index contributed by atoms with van der Waals surface area (Å²) in [4.78, 5) is 8.63. The lowest BCUT2D eigenvalue weighted by molar-refractivity contribution is 0.592. The van der Waals surface area contributed by atoms with E-state index in [-0.39, 0.29) is 17.2 Å². The van der Waals surface area contributed by atoms with Gasteiger partial charge in [0, 0.05) is 21.5 Å². The molecule has 0 fully saturated rings. The molecule has 1 heterocycles. The monoisotopic (exact) mass is 448 g/mol. The van der Waals surface area contributed by atoms with Crippen molar-refractivity contribution >= 4 is 57.7 Å². The van der Waals surface area contributed by atoms with Crippen LogP contribution in [0.4, 0.5) is 20.4 Å². The Bertz CT molecular complexity index is 1240. The van der Waals surface area contributed by atoms with Crippen LogP contribution in [0.15, 0.2) is 59.6 Å². The number of fused-ring (bicyclic) bond motifs is 1. The summed E-state index contributed by atoms with van der Waals surface area (Å²) >= 11 is 13.2. The van der Waals surface area contributed by atoms with E-state index < -0.39 is 11.6 Å². The normalized spacial score (nSPS) is 11.0. The number of nitrogens with zero attached hydrogens (tertiary/aromatic N) is 2. The third-order valence-electron chi connectivity index (χ3n) is 4.14. The maximum absolute atomic E-state index is 15.1. The van der Waals surface area contributed by atoms with E-state index in [4.69, 9.17) is 28.9 Å². The maximum Gasteiger partial charge on any atom is 0.220 e. The number of nitrogen functional groups attached to an aromatic ring is 1. The van der Waals surface area contributed by atoms with Gasteiger partial charge >= 0.3 is 0 Å². The average Bonchev–Trinajstić information content (AvgIpc) is 2.70. The van der Waals surface area contributed by atoms with Gasteiger partial charge in [-0.1, -0.05) is 29.3 Å². The van der Waals surface area contributed by atoms with Crippen molar-refractivity contribution in [1.82, 2.24) is 9.97 Å². The summed E-state index contributed by atoms with van der Waals surface area (Å²) in [5, 5.41) is 1.58. The van der Waals surface area contributed by atoms with E-state index in [0.29, 0.717) is 31.4 Å². The van der Waals surface area contributed by atoms with Gasteiger partial charge in [0.15, 0.2) is 5.82 Å².